The molecule has 0 aliphatic rings. The third kappa shape index (κ3) is 4.03. The van der Waals surface area contributed by atoms with E-state index < -0.39 is 5.97 Å². The van der Waals surface area contributed by atoms with Crippen molar-refractivity contribution >= 4 is 5.97 Å². The molecular weight excluding hydrogens is 324 g/mol. The summed E-state index contributed by atoms with van der Waals surface area (Å²) < 4.78 is 15.4. The van der Waals surface area contributed by atoms with Gasteiger partial charge in [-0.3, -0.25) is 5.10 Å². The Morgan fingerprint density at radius 3 is 3.00 bits per heavy atom. The van der Waals surface area contributed by atoms with Crippen LogP contribution in [0.2, 0.25) is 0 Å². The summed E-state index contributed by atoms with van der Waals surface area (Å²) in [4.78, 5) is 16.2. The fourth-order valence-corrected chi connectivity index (χ4v) is 2.26. The smallest absolute Gasteiger partial charge is 0.359 e. The number of nitrogens with zero attached hydrogens (tertiary/aromatic N) is 3. The summed E-state index contributed by atoms with van der Waals surface area (Å²) in [6, 6.07) is 8.96. The second-order valence-electron chi connectivity index (χ2n) is 5.35. The number of carbonyl (C=O) groups is 1. The second-order valence-corrected chi connectivity index (χ2v) is 5.35. The lowest BCUT2D eigenvalue weighted by Crippen LogP contribution is -2.05. The van der Waals surface area contributed by atoms with Gasteiger partial charge in [-0.05, 0) is 24.6 Å². The Morgan fingerprint density at radius 1 is 1.32 bits per heavy atom. The van der Waals surface area contributed by atoms with Crippen LogP contribution in [-0.4, -0.2) is 33.4 Å². The van der Waals surface area contributed by atoms with E-state index in [0.717, 1.165) is 24.1 Å². The average Bonchev–Trinajstić information content (AvgIpc) is 3.30. The van der Waals surface area contributed by atoms with Gasteiger partial charge in [0, 0.05) is 11.3 Å². The van der Waals surface area contributed by atoms with Crippen LogP contribution < -0.4 is 4.74 Å². The number of aryl methyl sites for hydroxylation is 1. The largest absolute Gasteiger partial charge is 0.497 e. The van der Waals surface area contributed by atoms with Crippen LogP contribution in [0.5, 0.6) is 5.75 Å². The predicted octanol–water partition coefficient (Wildman–Crippen LogP) is 2.78. The van der Waals surface area contributed by atoms with Gasteiger partial charge in [0.05, 0.1) is 7.11 Å². The van der Waals surface area contributed by atoms with E-state index in [1.807, 2.05) is 25.1 Å². The number of nitrogens with one attached hydrogen (secondary N) is 1. The molecule has 25 heavy (non-hydrogen) atoms. The van der Waals surface area contributed by atoms with E-state index in [9.17, 15) is 4.79 Å². The lowest BCUT2D eigenvalue weighted by molar-refractivity contribution is 0.0423. The molecule has 2 aromatic heterocycles. The molecule has 3 rings (SSSR count). The molecule has 0 bridgehead atoms. The third-order valence-electron chi connectivity index (χ3n) is 3.48. The van der Waals surface area contributed by atoms with Gasteiger partial charge in [0.15, 0.2) is 12.3 Å². The van der Waals surface area contributed by atoms with Gasteiger partial charge >= 0.3 is 5.97 Å². The molecule has 0 fully saturated rings. The Labute approximate surface area is 144 Å². The standard InChI is InChI=1S/C17H18N4O4/c1-3-5-12-9-14(20-19-12)17(22)24-10-15-18-16(21-25-15)11-6-4-7-13(8-11)23-2/h4,6-9H,3,5,10H2,1-2H3,(H,19,20). The van der Waals surface area contributed by atoms with E-state index in [2.05, 4.69) is 20.3 Å². The van der Waals surface area contributed by atoms with Crippen molar-refractivity contribution < 1.29 is 18.8 Å². The number of carbonyl (C=O) groups excluding carboxylic acids is 1. The van der Waals surface area contributed by atoms with E-state index in [0.29, 0.717) is 11.6 Å². The Hall–Kier alpha value is -3.16. The summed E-state index contributed by atoms with van der Waals surface area (Å²) in [6.07, 6.45) is 1.79. The zero-order chi connectivity index (χ0) is 17.6. The van der Waals surface area contributed by atoms with E-state index >= 15 is 0 Å². The summed E-state index contributed by atoms with van der Waals surface area (Å²) in [5.74, 6) is 0.752. The van der Waals surface area contributed by atoms with Crippen LogP contribution in [0.4, 0.5) is 0 Å². The van der Waals surface area contributed by atoms with Gasteiger partial charge in [0.2, 0.25) is 5.82 Å². The lowest BCUT2D eigenvalue weighted by Gasteiger charge is -2.00. The monoisotopic (exact) mass is 342 g/mol. The summed E-state index contributed by atoms with van der Waals surface area (Å²) >= 11 is 0. The fraction of sp³-hybridized carbons (Fsp3) is 0.294. The molecule has 0 unspecified atom stereocenters. The molecule has 0 amide bonds. The zero-order valence-electron chi connectivity index (χ0n) is 14.0. The number of hydrogen-bond acceptors (Lipinski definition) is 7. The molecule has 0 spiro atoms. The number of methoxy groups -OCH3 is 1. The number of aromatic nitrogens is 4. The maximum atomic E-state index is 12.0. The highest BCUT2D eigenvalue weighted by molar-refractivity contribution is 5.87. The molecular formula is C17H18N4O4. The first kappa shape index (κ1) is 16.7. The number of H-pyrrole nitrogens is 1. The zero-order valence-corrected chi connectivity index (χ0v) is 14.0. The van der Waals surface area contributed by atoms with Gasteiger partial charge in [0.1, 0.15) is 5.75 Å². The van der Waals surface area contributed by atoms with Crippen LogP contribution in [0.15, 0.2) is 34.9 Å². The molecule has 3 aromatic rings. The molecule has 0 saturated heterocycles. The van der Waals surface area contributed by atoms with E-state index in [1.54, 1.807) is 19.2 Å². The number of hydrogen-bond donors (Lipinski definition) is 1. The normalized spacial score (nSPS) is 10.6. The summed E-state index contributed by atoms with van der Waals surface area (Å²) in [7, 11) is 1.58. The molecule has 0 atom stereocenters. The van der Waals surface area contributed by atoms with Crippen LogP contribution in [0, 0.1) is 0 Å². The molecule has 0 saturated carbocycles. The quantitative estimate of drug-likeness (QED) is 0.658. The summed E-state index contributed by atoms with van der Waals surface area (Å²) in [6.45, 7) is 1.93. The van der Waals surface area contributed by atoms with E-state index in [4.69, 9.17) is 14.0 Å². The lowest BCUT2D eigenvalue weighted by atomic mass is 10.2. The number of benzene rings is 1. The Bertz CT molecular complexity index is 856. The fourth-order valence-electron chi connectivity index (χ4n) is 2.26. The Balaban J connectivity index is 1.62. The molecule has 1 aromatic carbocycles. The first-order valence-corrected chi connectivity index (χ1v) is 7.88. The molecule has 0 radical (unpaired) electrons. The van der Waals surface area contributed by atoms with Crippen molar-refractivity contribution in [2.75, 3.05) is 7.11 Å². The highest BCUT2D eigenvalue weighted by Crippen LogP contribution is 2.21. The second kappa shape index (κ2) is 7.61. The van der Waals surface area contributed by atoms with Crippen LogP contribution in [0.3, 0.4) is 0 Å². The van der Waals surface area contributed by atoms with Gasteiger partial charge < -0.3 is 14.0 Å². The summed E-state index contributed by atoms with van der Waals surface area (Å²) in [5, 5.41) is 10.6. The number of ether oxygens (including phenoxy) is 2. The van der Waals surface area contributed by atoms with Crippen molar-refractivity contribution in [3.63, 3.8) is 0 Å². The van der Waals surface area contributed by atoms with Gasteiger partial charge in [-0.15, -0.1) is 0 Å². The van der Waals surface area contributed by atoms with Crippen molar-refractivity contribution in [3.8, 4) is 17.1 Å². The highest BCUT2D eigenvalue weighted by Gasteiger charge is 2.15. The topological polar surface area (TPSA) is 103 Å². The van der Waals surface area contributed by atoms with Crippen molar-refractivity contribution in [1.29, 1.82) is 0 Å². The average molecular weight is 342 g/mol. The molecule has 0 aliphatic carbocycles. The molecule has 0 aliphatic heterocycles. The Kier molecular flexibility index (Phi) is 5.08. The van der Waals surface area contributed by atoms with Gasteiger partial charge in [0.25, 0.3) is 5.89 Å². The van der Waals surface area contributed by atoms with Gasteiger partial charge in [-0.1, -0.05) is 30.6 Å². The van der Waals surface area contributed by atoms with Crippen LogP contribution >= 0.6 is 0 Å². The van der Waals surface area contributed by atoms with Crippen LogP contribution in [0.25, 0.3) is 11.4 Å². The van der Waals surface area contributed by atoms with Crippen molar-refractivity contribution in [2.45, 2.75) is 26.4 Å². The van der Waals surface area contributed by atoms with Gasteiger partial charge in [-0.2, -0.15) is 10.1 Å². The van der Waals surface area contributed by atoms with E-state index in [-0.39, 0.29) is 18.2 Å². The molecule has 1 N–H and O–H groups in total. The van der Waals surface area contributed by atoms with Crippen LogP contribution in [0.1, 0.15) is 35.4 Å². The number of rotatable bonds is 7. The Morgan fingerprint density at radius 2 is 2.20 bits per heavy atom. The molecule has 2 heterocycles. The minimum absolute atomic E-state index is 0.119. The summed E-state index contributed by atoms with van der Waals surface area (Å²) in [5.41, 5.74) is 1.88. The third-order valence-corrected chi connectivity index (χ3v) is 3.48. The SMILES string of the molecule is CCCc1cc(C(=O)OCc2nc(-c3cccc(OC)c3)no2)n[nH]1. The molecule has 8 heteroatoms. The van der Waals surface area contributed by atoms with Crippen molar-refractivity contribution in [3.05, 3.63) is 47.6 Å². The van der Waals surface area contributed by atoms with Crippen molar-refractivity contribution in [1.82, 2.24) is 20.3 Å². The minimum Gasteiger partial charge on any atom is -0.497 e. The molecule has 130 valence electrons. The van der Waals surface area contributed by atoms with Crippen LogP contribution in [-0.2, 0) is 17.8 Å². The minimum atomic E-state index is -0.542. The number of aromatic amines is 1. The maximum Gasteiger partial charge on any atom is 0.359 e. The first-order chi connectivity index (χ1) is 12.2. The predicted molar refractivity (Wildman–Crippen MR) is 88.0 cm³/mol. The number of esters is 1. The highest BCUT2D eigenvalue weighted by atomic mass is 16.6. The van der Waals surface area contributed by atoms with E-state index in [1.165, 1.54) is 0 Å². The van der Waals surface area contributed by atoms with Gasteiger partial charge in [-0.25, -0.2) is 4.79 Å². The van der Waals surface area contributed by atoms with Crippen molar-refractivity contribution in [2.24, 2.45) is 0 Å². The maximum absolute atomic E-state index is 12.0. The first-order valence-electron chi connectivity index (χ1n) is 7.88. The molecule has 8 nitrogen and oxygen atoms in total.